The number of amides is 1. The molecule has 36 heavy (non-hydrogen) atoms. The summed E-state index contributed by atoms with van der Waals surface area (Å²) >= 11 is 3.27. The first kappa shape index (κ1) is 25.0. The molecule has 10 heteroatoms. The molecule has 0 saturated carbocycles. The van der Waals surface area contributed by atoms with E-state index in [0.717, 1.165) is 45.3 Å². The molecule has 2 aromatic heterocycles. The number of nitrogens with one attached hydrogen (secondary N) is 2. The average Bonchev–Trinajstić information content (AvgIpc) is 3.44. The summed E-state index contributed by atoms with van der Waals surface area (Å²) in [5.41, 5.74) is 3.68. The minimum Gasteiger partial charge on any atom is -0.333 e. The highest BCUT2D eigenvalue weighted by atomic mass is 32.2. The van der Waals surface area contributed by atoms with Crippen LogP contribution in [0.4, 0.5) is 5.00 Å². The number of para-hydroxylation sites is 1. The third-order valence-corrected chi connectivity index (χ3v) is 10.8. The van der Waals surface area contributed by atoms with Crippen LogP contribution in [0.15, 0.2) is 53.4 Å². The topological polar surface area (TPSA) is 83.8 Å². The van der Waals surface area contributed by atoms with Crippen molar-refractivity contribution in [3.05, 3.63) is 64.5 Å². The molecule has 0 bridgehead atoms. The van der Waals surface area contributed by atoms with Gasteiger partial charge in [-0.15, -0.1) is 22.7 Å². The monoisotopic (exact) mass is 541 g/mol. The number of thiazole rings is 1. The second kappa shape index (κ2) is 10.0. The van der Waals surface area contributed by atoms with Crippen LogP contribution in [0.3, 0.4) is 0 Å². The Morgan fingerprint density at radius 3 is 2.50 bits per heavy atom. The fourth-order valence-corrected chi connectivity index (χ4v) is 8.50. The summed E-state index contributed by atoms with van der Waals surface area (Å²) < 4.78 is 28.1. The van der Waals surface area contributed by atoms with Gasteiger partial charge in [0.05, 0.1) is 33.6 Å². The molecule has 1 amide bonds. The second-order valence-corrected chi connectivity index (χ2v) is 13.0. The number of nitrogens with zero attached hydrogens (tertiary/aromatic N) is 2. The lowest BCUT2D eigenvalue weighted by Gasteiger charge is -2.19. The lowest BCUT2D eigenvalue weighted by atomic mass is 10.0. The van der Waals surface area contributed by atoms with Crippen LogP contribution in [0.2, 0.25) is 0 Å². The molecule has 0 spiro atoms. The fourth-order valence-electron chi connectivity index (χ4n) is 4.58. The molecule has 5 rings (SSSR count). The van der Waals surface area contributed by atoms with Gasteiger partial charge in [-0.25, -0.2) is 13.4 Å². The van der Waals surface area contributed by atoms with Crippen LogP contribution in [0, 0.1) is 0 Å². The van der Waals surface area contributed by atoms with E-state index in [-0.39, 0.29) is 10.8 Å². The Balaban J connectivity index is 1.48. The van der Waals surface area contributed by atoms with Gasteiger partial charge in [-0.1, -0.05) is 26.0 Å². The van der Waals surface area contributed by atoms with Gasteiger partial charge in [0.15, 0.2) is 0 Å². The number of sulfonamides is 1. The van der Waals surface area contributed by atoms with E-state index in [2.05, 4.69) is 18.4 Å². The van der Waals surface area contributed by atoms with E-state index in [1.54, 1.807) is 34.8 Å². The normalized spacial score (nSPS) is 15.8. The highest BCUT2D eigenvalue weighted by Gasteiger charge is 2.29. The molecule has 1 atom stereocenters. The van der Waals surface area contributed by atoms with Gasteiger partial charge >= 0.3 is 0 Å². The van der Waals surface area contributed by atoms with Crippen LogP contribution in [-0.2, 0) is 23.0 Å². The third-order valence-electron chi connectivity index (χ3n) is 6.55. The Bertz CT molecular complexity index is 1490. The molecular weight excluding hydrogens is 513 g/mol. The van der Waals surface area contributed by atoms with E-state index >= 15 is 0 Å². The highest BCUT2D eigenvalue weighted by molar-refractivity contribution is 7.89. The molecule has 7 nitrogen and oxygen atoms in total. The van der Waals surface area contributed by atoms with Crippen molar-refractivity contribution in [3.8, 4) is 10.6 Å². The van der Waals surface area contributed by atoms with Gasteiger partial charge in [-0.3, -0.25) is 4.79 Å². The van der Waals surface area contributed by atoms with E-state index in [0.29, 0.717) is 18.7 Å². The Kier molecular flexibility index (Phi) is 6.97. The van der Waals surface area contributed by atoms with E-state index < -0.39 is 10.0 Å². The van der Waals surface area contributed by atoms with Gasteiger partial charge < -0.3 is 10.2 Å². The number of hydrogen-bond donors (Lipinski definition) is 2. The smallest absolute Gasteiger partial charge is 0.256 e. The predicted molar refractivity (Wildman–Crippen MR) is 147 cm³/mol. The Hall–Kier alpha value is -2.63. The van der Waals surface area contributed by atoms with Crippen LogP contribution < -0.4 is 10.2 Å². The lowest BCUT2D eigenvalue weighted by molar-refractivity contribution is -0.895. The summed E-state index contributed by atoms with van der Waals surface area (Å²) in [6.45, 7) is 6.38. The minimum absolute atomic E-state index is 0.190. The number of carbonyl (C=O) groups excluding carboxylic acids is 1. The van der Waals surface area contributed by atoms with Crippen molar-refractivity contribution < 1.29 is 18.1 Å². The molecule has 0 saturated heterocycles. The molecule has 1 aliphatic heterocycles. The van der Waals surface area contributed by atoms with E-state index in [4.69, 9.17) is 4.98 Å². The number of carbonyl (C=O) groups is 1. The number of anilines is 1. The average molecular weight is 542 g/mol. The Morgan fingerprint density at radius 1 is 1.08 bits per heavy atom. The maximum atomic E-state index is 13.3. The Labute approximate surface area is 219 Å². The maximum Gasteiger partial charge on any atom is 0.256 e. The number of thiophene rings is 1. The number of fused-ring (bicyclic) bond motifs is 2. The Morgan fingerprint density at radius 2 is 1.81 bits per heavy atom. The highest BCUT2D eigenvalue weighted by Crippen LogP contribution is 2.44. The van der Waals surface area contributed by atoms with Gasteiger partial charge in [0.2, 0.25) is 10.0 Å². The summed E-state index contributed by atoms with van der Waals surface area (Å²) in [5, 5.41) is 4.85. The zero-order chi connectivity index (χ0) is 25.4. The van der Waals surface area contributed by atoms with Crippen LogP contribution in [0.5, 0.6) is 0 Å². The number of rotatable bonds is 7. The van der Waals surface area contributed by atoms with Crippen LogP contribution in [0.1, 0.15) is 34.6 Å². The van der Waals surface area contributed by atoms with E-state index in [1.165, 1.54) is 31.8 Å². The van der Waals surface area contributed by atoms with Gasteiger partial charge in [0, 0.05) is 30.6 Å². The zero-order valence-corrected chi connectivity index (χ0v) is 22.9. The molecule has 1 aliphatic rings. The van der Waals surface area contributed by atoms with Crippen molar-refractivity contribution in [2.75, 3.05) is 32.0 Å². The molecule has 0 radical (unpaired) electrons. The summed E-state index contributed by atoms with van der Waals surface area (Å²) in [6, 6.07) is 14.3. The molecule has 0 fully saturated rings. The van der Waals surface area contributed by atoms with Crippen molar-refractivity contribution in [1.82, 2.24) is 9.29 Å². The maximum absolute atomic E-state index is 13.3. The second-order valence-electron chi connectivity index (χ2n) is 8.90. The minimum atomic E-state index is -3.57. The molecule has 1 unspecified atom stereocenters. The van der Waals surface area contributed by atoms with Crippen molar-refractivity contribution in [2.45, 2.75) is 31.7 Å². The van der Waals surface area contributed by atoms with Gasteiger partial charge in [-0.05, 0) is 42.0 Å². The van der Waals surface area contributed by atoms with Crippen molar-refractivity contribution >= 4 is 53.8 Å². The van der Waals surface area contributed by atoms with Crippen LogP contribution >= 0.6 is 22.7 Å². The van der Waals surface area contributed by atoms with Crippen LogP contribution in [-0.4, -0.2) is 50.3 Å². The fraction of sp³-hybridized carbons (Fsp3) is 0.308. The number of benzene rings is 2. The molecule has 3 heterocycles. The van der Waals surface area contributed by atoms with Crippen molar-refractivity contribution in [2.24, 2.45) is 0 Å². The molecule has 4 aromatic rings. The van der Waals surface area contributed by atoms with Crippen molar-refractivity contribution in [3.63, 3.8) is 0 Å². The standard InChI is InChI=1S/C26H28N4O3S3/c1-4-30(5-2)36(32,33)18-12-10-17(11-13-18)24(31)28-26-23(19-14-15-29(3)16-22(19)35-26)25-27-20-8-6-7-9-21(20)34-25/h6-13H,4-5,14-16H2,1-3H3,(H,28,31)/p+1. The quantitative estimate of drug-likeness (QED) is 0.372. The summed E-state index contributed by atoms with van der Waals surface area (Å²) in [7, 11) is -1.38. The van der Waals surface area contributed by atoms with Gasteiger partial charge in [0.25, 0.3) is 5.91 Å². The first-order valence-electron chi connectivity index (χ1n) is 12.0. The van der Waals surface area contributed by atoms with E-state index in [1.807, 2.05) is 32.0 Å². The largest absolute Gasteiger partial charge is 0.333 e. The predicted octanol–water partition coefficient (Wildman–Crippen LogP) is 3.88. The van der Waals surface area contributed by atoms with Gasteiger partial charge in [-0.2, -0.15) is 4.31 Å². The first-order valence-corrected chi connectivity index (χ1v) is 15.1. The lowest BCUT2D eigenvalue weighted by Crippen LogP contribution is -3.08. The van der Waals surface area contributed by atoms with E-state index in [9.17, 15) is 13.2 Å². The first-order chi connectivity index (χ1) is 17.3. The van der Waals surface area contributed by atoms with Crippen molar-refractivity contribution in [1.29, 1.82) is 0 Å². The molecule has 188 valence electrons. The number of aromatic nitrogens is 1. The van der Waals surface area contributed by atoms with Crippen LogP contribution in [0.25, 0.3) is 20.8 Å². The molecule has 2 N–H and O–H groups in total. The SMILES string of the molecule is CCN(CC)S(=O)(=O)c1ccc(C(=O)Nc2sc3c(c2-c2nc4ccccc4s2)CC[NH+](C)C3)cc1. The number of likely N-dealkylation sites (N-methyl/N-ethyl adjacent to an activating group) is 1. The zero-order valence-electron chi connectivity index (χ0n) is 20.5. The molecule has 2 aromatic carbocycles. The number of quaternary nitrogens is 1. The molecule has 0 aliphatic carbocycles. The number of hydrogen-bond acceptors (Lipinski definition) is 6. The summed E-state index contributed by atoms with van der Waals surface area (Å²) in [5.74, 6) is -0.261. The van der Waals surface area contributed by atoms with Gasteiger partial charge in [0.1, 0.15) is 16.6 Å². The third kappa shape index (κ3) is 4.59. The molecular formula is C26H29N4O3S3+. The summed E-state index contributed by atoms with van der Waals surface area (Å²) in [4.78, 5) is 21.1. The summed E-state index contributed by atoms with van der Waals surface area (Å²) in [6.07, 6.45) is 0.941.